The molecular formula is C12H12Cl2O2. The van der Waals surface area contributed by atoms with Gasteiger partial charge in [-0.2, -0.15) is 0 Å². The molecule has 0 heterocycles. The number of carbonyl (C=O) groups is 1. The Bertz CT molecular complexity index is 441. The number of carbonyl (C=O) groups excluding carboxylic acids is 1. The predicted octanol–water partition coefficient (Wildman–Crippen LogP) is 3.74. The third-order valence-electron chi connectivity index (χ3n) is 3.06. The van der Waals surface area contributed by atoms with E-state index < -0.39 is 5.41 Å². The van der Waals surface area contributed by atoms with Crippen LogP contribution in [0, 0.1) is 5.41 Å². The van der Waals surface area contributed by atoms with E-state index in [1.807, 2.05) is 13.8 Å². The number of hydrogen-bond acceptors (Lipinski definition) is 2. The maximum Gasteiger partial charge on any atom is 0.145 e. The number of benzene rings is 1. The third kappa shape index (κ3) is 1.92. The van der Waals surface area contributed by atoms with Crippen LogP contribution < -0.4 is 4.74 Å². The van der Waals surface area contributed by atoms with Crippen LogP contribution in [0.15, 0.2) is 18.2 Å². The van der Waals surface area contributed by atoms with E-state index in [1.54, 1.807) is 18.2 Å². The van der Waals surface area contributed by atoms with Gasteiger partial charge in [0.25, 0.3) is 0 Å². The van der Waals surface area contributed by atoms with Crippen molar-refractivity contribution in [2.24, 2.45) is 5.41 Å². The van der Waals surface area contributed by atoms with Gasteiger partial charge < -0.3 is 4.74 Å². The number of hydrogen-bond donors (Lipinski definition) is 0. The maximum atomic E-state index is 11.4. The zero-order valence-electron chi connectivity index (χ0n) is 9.09. The molecule has 0 spiro atoms. The molecule has 1 aliphatic carbocycles. The van der Waals surface area contributed by atoms with Gasteiger partial charge in [0.15, 0.2) is 0 Å². The average Bonchev–Trinajstić information content (AvgIpc) is 2.21. The van der Waals surface area contributed by atoms with Crippen molar-refractivity contribution >= 4 is 29.0 Å². The Kier molecular flexibility index (Phi) is 2.89. The minimum Gasteiger partial charge on any atom is -0.487 e. The molecule has 16 heavy (non-hydrogen) atoms. The van der Waals surface area contributed by atoms with Crippen LogP contribution in [-0.2, 0) is 4.79 Å². The highest BCUT2D eigenvalue weighted by molar-refractivity contribution is 6.35. The van der Waals surface area contributed by atoms with Crippen molar-refractivity contribution in [1.29, 1.82) is 0 Å². The van der Waals surface area contributed by atoms with E-state index in [0.717, 1.165) is 0 Å². The highest BCUT2D eigenvalue weighted by atomic mass is 35.5. The molecule has 1 fully saturated rings. The van der Waals surface area contributed by atoms with Crippen LogP contribution in [0.25, 0.3) is 0 Å². The van der Waals surface area contributed by atoms with Gasteiger partial charge in [0.1, 0.15) is 17.6 Å². The molecule has 1 unspecified atom stereocenters. The summed E-state index contributed by atoms with van der Waals surface area (Å²) < 4.78 is 5.71. The molecule has 0 aliphatic heterocycles. The summed E-state index contributed by atoms with van der Waals surface area (Å²) in [5.74, 6) is 0.805. The molecule has 1 saturated carbocycles. The Balaban J connectivity index is 2.14. The molecule has 2 nitrogen and oxygen atoms in total. The largest absolute Gasteiger partial charge is 0.487 e. The number of halogens is 2. The number of Topliss-reactive ketones (excluding diaryl/α,β-unsaturated/α-hetero) is 1. The van der Waals surface area contributed by atoms with Crippen LogP contribution in [0.3, 0.4) is 0 Å². The van der Waals surface area contributed by atoms with Gasteiger partial charge in [0.05, 0.1) is 10.4 Å². The first-order valence-corrected chi connectivity index (χ1v) is 5.82. The summed E-state index contributed by atoms with van der Waals surface area (Å²) in [6, 6.07) is 5.08. The van der Waals surface area contributed by atoms with Crippen molar-refractivity contribution in [2.45, 2.75) is 26.4 Å². The van der Waals surface area contributed by atoms with Crippen LogP contribution in [0.1, 0.15) is 20.3 Å². The van der Waals surface area contributed by atoms with E-state index >= 15 is 0 Å². The second kappa shape index (κ2) is 3.94. The van der Waals surface area contributed by atoms with Crippen molar-refractivity contribution in [3.8, 4) is 5.75 Å². The molecule has 0 aromatic heterocycles. The molecule has 1 aliphatic rings. The number of rotatable bonds is 2. The predicted molar refractivity (Wildman–Crippen MR) is 64.3 cm³/mol. The van der Waals surface area contributed by atoms with Gasteiger partial charge in [-0.05, 0) is 32.0 Å². The Labute approximate surface area is 104 Å². The monoisotopic (exact) mass is 258 g/mol. The van der Waals surface area contributed by atoms with Crippen LogP contribution in [0.5, 0.6) is 5.75 Å². The molecule has 0 N–H and O–H groups in total. The summed E-state index contributed by atoms with van der Waals surface area (Å²) in [5, 5.41) is 1.05. The fourth-order valence-corrected chi connectivity index (χ4v) is 2.10. The normalized spacial score (nSPS) is 22.8. The summed E-state index contributed by atoms with van der Waals surface area (Å²) in [4.78, 5) is 11.4. The second-order valence-electron chi connectivity index (χ2n) is 4.53. The Morgan fingerprint density at radius 3 is 2.56 bits per heavy atom. The molecule has 1 atom stereocenters. The molecule has 0 bridgehead atoms. The van der Waals surface area contributed by atoms with Gasteiger partial charge >= 0.3 is 0 Å². The first-order valence-electron chi connectivity index (χ1n) is 5.06. The van der Waals surface area contributed by atoms with E-state index in [4.69, 9.17) is 27.9 Å². The Hall–Kier alpha value is -0.730. The SMILES string of the molecule is CC1(C)C(=O)CC1Oc1ccc(Cl)cc1Cl. The average molecular weight is 259 g/mol. The van der Waals surface area contributed by atoms with E-state index in [0.29, 0.717) is 22.2 Å². The van der Waals surface area contributed by atoms with E-state index in [1.165, 1.54) is 0 Å². The Morgan fingerprint density at radius 1 is 1.38 bits per heavy atom. The smallest absolute Gasteiger partial charge is 0.145 e. The molecule has 1 aromatic rings. The molecule has 1 aromatic carbocycles. The summed E-state index contributed by atoms with van der Waals surface area (Å²) in [6.45, 7) is 3.76. The summed E-state index contributed by atoms with van der Waals surface area (Å²) in [6.07, 6.45) is 0.352. The third-order valence-corrected chi connectivity index (χ3v) is 3.59. The summed E-state index contributed by atoms with van der Waals surface area (Å²) in [7, 11) is 0. The lowest BCUT2D eigenvalue weighted by Crippen LogP contribution is -2.53. The topological polar surface area (TPSA) is 26.3 Å². The van der Waals surface area contributed by atoms with Crippen molar-refractivity contribution in [2.75, 3.05) is 0 Å². The van der Waals surface area contributed by atoms with Gasteiger partial charge in [-0.1, -0.05) is 23.2 Å². The number of ketones is 1. The molecule has 2 rings (SSSR count). The maximum absolute atomic E-state index is 11.4. The zero-order valence-corrected chi connectivity index (χ0v) is 10.6. The van der Waals surface area contributed by atoms with Crippen molar-refractivity contribution in [3.05, 3.63) is 28.2 Å². The summed E-state index contributed by atoms with van der Waals surface area (Å²) >= 11 is 11.8. The van der Waals surface area contributed by atoms with E-state index in [2.05, 4.69) is 0 Å². The zero-order chi connectivity index (χ0) is 11.9. The van der Waals surface area contributed by atoms with Crippen LogP contribution in [0.2, 0.25) is 10.0 Å². The van der Waals surface area contributed by atoms with Gasteiger partial charge in [-0.15, -0.1) is 0 Å². The highest BCUT2D eigenvalue weighted by Crippen LogP contribution is 2.41. The first-order chi connectivity index (χ1) is 7.41. The minimum atomic E-state index is -0.414. The van der Waals surface area contributed by atoms with Gasteiger partial charge in [0.2, 0.25) is 0 Å². The number of ether oxygens (including phenoxy) is 1. The van der Waals surface area contributed by atoms with Crippen molar-refractivity contribution in [1.82, 2.24) is 0 Å². The Morgan fingerprint density at radius 2 is 2.06 bits per heavy atom. The van der Waals surface area contributed by atoms with E-state index in [-0.39, 0.29) is 11.9 Å². The minimum absolute atomic E-state index is 0.0984. The molecule has 4 heteroatoms. The molecule has 0 amide bonds. The lowest BCUT2D eigenvalue weighted by molar-refractivity contribution is -0.148. The molecule has 0 radical (unpaired) electrons. The van der Waals surface area contributed by atoms with Gasteiger partial charge in [-0.25, -0.2) is 0 Å². The fraction of sp³-hybridized carbons (Fsp3) is 0.417. The molecular weight excluding hydrogens is 247 g/mol. The van der Waals surface area contributed by atoms with Gasteiger partial charge in [0, 0.05) is 11.4 Å². The first kappa shape index (κ1) is 11.7. The lowest BCUT2D eigenvalue weighted by Gasteiger charge is -2.42. The summed E-state index contributed by atoms with van der Waals surface area (Å²) in [5.41, 5.74) is -0.414. The van der Waals surface area contributed by atoms with E-state index in [9.17, 15) is 4.79 Å². The molecule has 86 valence electrons. The van der Waals surface area contributed by atoms with Crippen molar-refractivity contribution < 1.29 is 9.53 Å². The van der Waals surface area contributed by atoms with Gasteiger partial charge in [-0.3, -0.25) is 4.79 Å². The van der Waals surface area contributed by atoms with Crippen LogP contribution in [-0.4, -0.2) is 11.9 Å². The second-order valence-corrected chi connectivity index (χ2v) is 5.37. The van der Waals surface area contributed by atoms with Crippen LogP contribution in [0.4, 0.5) is 0 Å². The lowest BCUT2D eigenvalue weighted by atomic mass is 9.68. The molecule has 0 saturated heterocycles. The standard InChI is InChI=1S/C12H12Cl2O2/c1-12(2)10(15)6-11(12)16-9-4-3-7(13)5-8(9)14/h3-5,11H,6H2,1-2H3. The van der Waals surface area contributed by atoms with Crippen molar-refractivity contribution in [3.63, 3.8) is 0 Å². The highest BCUT2D eigenvalue weighted by Gasteiger charge is 2.49. The van der Waals surface area contributed by atoms with Crippen LogP contribution >= 0.6 is 23.2 Å². The quantitative estimate of drug-likeness (QED) is 0.808. The fourth-order valence-electron chi connectivity index (χ4n) is 1.65.